The molecule has 0 aliphatic carbocycles. The van der Waals surface area contributed by atoms with E-state index in [4.69, 9.17) is 14.8 Å². The molecule has 2 atom stereocenters. The molecule has 1 aliphatic heterocycles. The standard InChI is InChI=1S/C31H39FN6O4S/c1-20(2)26-29-35-28(21-10-6-5-7-11-21)36-38(29)18-17-37(31(41)22-12-8-13-23(32)27(22)42-3)16-9-14-25(39)33-24(15-19-43-4)30(40)34-26/h5-8,10-13,20,24,26H,9,14-19H2,1-4H3,(H,33,39)(H,34,40)/t24-,26+/m0/s1. The molecule has 4 rings (SSSR count). The van der Waals surface area contributed by atoms with E-state index in [1.165, 1.54) is 25.3 Å². The zero-order valence-corrected chi connectivity index (χ0v) is 25.8. The Balaban J connectivity index is 1.76. The van der Waals surface area contributed by atoms with Crippen LogP contribution in [0.5, 0.6) is 5.75 Å². The highest BCUT2D eigenvalue weighted by Gasteiger charge is 2.30. The minimum Gasteiger partial charge on any atom is -0.493 e. The van der Waals surface area contributed by atoms with Crippen molar-refractivity contribution in [1.82, 2.24) is 30.3 Å². The number of methoxy groups -OCH3 is 1. The van der Waals surface area contributed by atoms with Gasteiger partial charge in [-0.3, -0.25) is 14.4 Å². The molecule has 2 aromatic carbocycles. The smallest absolute Gasteiger partial charge is 0.257 e. The highest BCUT2D eigenvalue weighted by molar-refractivity contribution is 7.98. The van der Waals surface area contributed by atoms with Crippen molar-refractivity contribution in [1.29, 1.82) is 0 Å². The first-order valence-electron chi connectivity index (χ1n) is 14.4. The van der Waals surface area contributed by atoms with Gasteiger partial charge in [-0.15, -0.1) is 0 Å². The molecule has 10 nitrogen and oxygen atoms in total. The molecule has 3 aromatic rings. The van der Waals surface area contributed by atoms with Crippen molar-refractivity contribution in [2.24, 2.45) is 5.92 Å². The number of nitrogens with one attached hydrogen (secondary N) is 2. The number of hydrogen-bond acceptors (Lipinski definition) is 7. The van der Waals surface area contributed by atoms with Gasteiger partial charge in [0, 0.05) is 25.1 Å². The van der Waals surface area contributed by atoms with E-state index in [1.54, 1.807) is 21.3 Å². The number of fused-ring (bicyclic) bond motifs is 1. The Bertz CT molecular complexity index is 1420. The molecule has 0 radical (unpaired) electrons. The van der Waals surface area contributed by atoms with Gasteiger partial charge < -0.3 is 20.3 Å². The van der Waals surface area contributed by atoms with Crippen LogP contribution in [0.15, 0.2) is 48.5 Å². The Kier molecular flexibility index (Phi) is 11.2. The number of carbonyl (C=O) groups is 3. The molecule has 0 unspecified atom stereocenters. The third-order valence-electron chi connectivity index (χ3n) is 7.34. The summed E-state index contributed by atoms with van der Waals surface area (Å²) < 4.78 is 21.5. The lowest BCUT2D eigenvalue weighted by Gasteiger charge is -2.28. The minimum atomic E-state index is -0.719. The predicted octanol–water partition coefficient (Wildman–Crippen LogP) is 4.08. The van der Waals surface area contributed by atoms with Crippen LogP contribution >= 0.6 is 11.8 Å². The first kappa shape index (κ1) is 32.0. The fraction of sp³-hybridized carbons (Fsp3) is 0.452. The maximum Gasteiger partial charge on any atom is 0.257 e. The van der Waals surface area contributed by atoms with Gasteiger partial charge in [0.2, 0.25) is 11.8 Å². The lowest BCUT2D eigenvalue weighted by Crippen LogP contribution is -2.49. The Morgan fingerprint density at radius 2 is 1.86 bits per heavy atom. The summed E-state index contributed by atoms with van der Waals surface area (Å²) in [6.45, 7) is 4.67. The van der Waals surface area contributed by atoms with Gasteiger partial charge in [0.05, 0.1) is 25.3 Å². The zero-order chi connectivity index (χ0) is 30.9. The van der Waals surface area contributed by atoms with Crippen LogP contribution in [0.1, 0.15) is 55.3 Å². The van der Waals surface area contributed by atoms with Crippen molar-refractivity contribution < 1.29 is 23.5 Å². The monoisotopic (exact) mass is 610 g/mol. The minimum absolute atomic E-state index is 0.0605. The number of amides is 3. The van der Waals surface area contributed by atoms with Crippen molar-refractivity contribution in [3.8, 4) is 17.1 Å². The number of carbonyl (C=O) groups excluding carboxylic acids is 3. The van der Waals surface area contributed by atoms with E-state index in [2.05, 4.69) is 10.6 Å². The van der Waals surface area contributed by atoms with Crippen LogP contribution in [-0.2, 0) is 16.1 Å². The first-order valence-corrected chi connectivity index (χ1v) is 15.8. The van der Waals surface area contributed by atoms with Gasteiger partial charge in [-0.25, -0.2) is 14.1 Å². The fourth-order valence-electron chi connectivity index (χ4n) is 5.03. The molecule has 0 saturated carbocycles. The summed E-state index contributed by atoms with van der Waals surface area (Å²) >= 11 is 1.60. The lowest BCUT2D eigenvalue weighted by molar-refractivity contribution is -0.129. The molecule has 1 aromatic heterocycles. The normalized spacial score (nSPS) is 18.4. The topological polar surface area (TPSA) is 118 Å². The van der Waals surface area contributed by atoms with Crippen LogP contribution in [0.2, 0.25) is 0 Å². The van der Waals surface area contributed by atoms with Gasteiger partial charge in [-0.2, -0.15) is 16.9 Å². The average Bonchev–Trinajstić information content (AvgIpc) is 3.42. The van der Waals surface area contributed by atoms with E-state index in [-0.39, 0.29) is 55.1 Å². The van der Waals surface area contributed by atoms with E-state index < -0.39 is 23.8 Å². The second-order valence-electron chi connectivity index (χ2n) is 10.7. The molecule has 0 fully saturated rings. The van der Waals surface area contributed by atoms with Crippen molar-refractivity contribution in [3.63, 3.8) is 0 Å². The SMILES string of the molecule is COc1c(F)cccc1C(=O)N1CCCC(=O)N[C@@H](CCSC)C(=O)N[C@H](C(C)C)c2nc(-c3ccccc3)nn2CC1. The quantitative estimate of drug-likeness (QED) is 0.414. The Morgan fingerprint density at radius 1 is 1.09 bits per heavy atom. The molecule has 43 heavy (non-hydrogen) atoms. The highest BCUT2D eigenvalue weighted by atomic mass is 32.2. The largest absolute Gasteiger partial charge is 0.493 e. The molecule has 0 saturated heterocycles. The van der Waals surface area contributed by atoms with Crippen molar-refractivity contribution in [3.05, 3.63) is 65.7 Å². The van der Waals surface area contributed by atoms with Gasteiger partial charge in [-0.05, 0) is 42.9 Å². The van der Waals surface area contributed by atoms with Gasteiger partial charge >= 0.3 is 0 Å². The van der Waals surface area contributed by atoms with Gasteiger partial charge in [0.15, 0.2) is 23.2 Å². The Morgan fingerprint density at radius 3 is 2.56 bits per heavy atom. The first-order chi connectivity index (χ1) is 20.7. The Hall–Kier alpha value is -3.93. The molecule has 2 N–H and O–H groups in total. The number of thioether (sulfide) groups is 1. The van der Waals surface area contributed by atoms with Gasteiger partial charge in [-0.1, -0.05) is 50.2 Å². The summed E-state index contributed by atoms with van der Waals surface area (Å²) in [5.41, 5.74) is 0.915. The van der Waals surface area contributed by atoms with Crippen LogP contribution in [0, 0.1) is 11.7 Å². The van der Waals surface area contributed by atoms with Crippen LogP contribution in [0.25, 0.3) is 11.4 Å². The second-order valence-corrected chi connectivity index (χ2v) is 11.7. The maximum absolute atomic E-state index is 14.5. The van der Waals surface area contributed by atoms with Gasteiger partial charge in [0.1, 0.15) is 6.04 Å². The van der Waals surface area contributed by atoms with E-state index >= 15 is 0 Å². The number of ether oxygens (including phenoxy) is 1. The van der Waals surface area contributed by atoms with Crippen molar-refractivity contribution in [2.45, 2.75) is 51.7 Å². The third-order valence-corrected chi connectivity index (χ3v) is 7.98. The van der Waals surface area contributed by atoms with Crippen LogP contribution in [-0.4, -0.2) is 75.6 Å². The number of rotatable bonds is 7. The summed E-state index contributed by atoms with van der Waals surface area (Å²) in [6, 6.07) is 12.5. The molecule has 230 valence electrons. The molecule has 12 heteroatoms. The fourth-order valence-corrected chi connectivity index (χ4v) is 5.50. The number of hydrogen-bond donors (Lipinski definition) is 2. The molecule has 0 bridgehead atoms. The molecule has 2 heterocycles. The number of halogens is 1. The summed E-state index contributed by atoms with van der Waals surface area (Å²) in [5.74, 6) is -0.0498. The third kappa shape index (κ3) is 7.92. The van der Waals surface area contributed by atoms with Crippen molar-refractivity contribution in [2.75, 3.05) is 32.2 Å². The maximum atomic E-state index is 14.5. The van der Waals surface area contributed by atoms with E-state index in [1.807, 2.05) is 50.4 Å². The zero-order valence-electron chi connectivity index (χ0n) is 25.0. The number of benzene rings is 2. The predicted molar refractivity (Wildman–Crippen MR) is 164 cm³/mol. The summed E-state index contributed by atoms with van der Waals surface area (Å²) in [4.78, 5) is 46.7. The number of aromatic nitrogens is 3. The lowest BCUT2D eigenvalue weighted by atomic mass is 10.0. The summed E-state index contributed by atoms with van der Waals surface area (Å²) in [7, 11) is 1.32. The second kappa shape index (κ2) is 15.0. The van der Waals surface area contributed by atoms with E-state index in [0.29, 0.717) is 30.2 Å². The molecular formula is C31H39FN6O4S. The summed E-state index contributed by atoms with van der Waals surface area (Å²) in [5, 5.41) is 10.8. The molecule has 3 amide bonds. The Labute approximate surface area is 255 Å². The number of nitrogens with zero attached hydrogens (tertiary/aromatic N) is 4. The molecule has 0 spiro atoms. The van der Waals surface area contributed by atoms with Crippen LogP contribution in [0.4, 0.5) is 4.39 Å². The van der Waals surface area contributed by atoms with E-state index in [9.17, 15) is 18.8 Å². The van der Waals surface area contributed by atoms with Crippen LogP contribution in [0.3, 0.4) is 0 Å². The number of para-hydroxylation sites is 1. The average molecular weight is 611 g/mol. The van der Waals surface area contributed by atoms with Crippen LogP contribution < -0.4 is 15.4 Å². The van der Waals surface area contributed by atoms with Crippen molar-refractivity contribution >= 4 is 29.5 Å². The summed E-state index contributed by atoms with van der Waals surface area (Å²) in [6.07, 6.45) is 2.88. The highest BCUT2D eigenvalue weighted by Crippen LogP contribution is 2.26. The molecular weight excluding hydrogens is 571 g/mol. The van der Waals surface area contributed by atoms with E-state index in [0.717, 1.165) is 5.56 Å². The molecule has 1 aliphatic rings. The van der Waals surface area contributed by atoms with Gasteiger partial charge in [0.25, 0.3) is 5.91 Å².